The summed E-state index contributed by atoms with van der Waals surface area (Å²) in [6, 6.07) is 25.0. The summed E-state index contributed by atoms with van der Waals surface area (Å²) in [7, 11) is 0. The van der Waals surface area contributed by atoms with Crippen molar-refractivity contribution in [2.24, 2.45) is 5.73 Å². The van der Waals surface area contributed by atoms with Crippen LogP contribution in [0.15, 0.2) is 84.3 Å². The van der Waals surface area contributed by atoms with Crippen LogP contribution in [-0.4, -0.2) is 10.2 Å². The summed E-state index contributed by atoms with van der Waals surface area (Å²) >= 11 is 12.8. The van der Waals surface area contributed by atoms with Gasteiger partial charge in [0.25, 0.3) is 0 Å². The monoisotopic (exact) mass is 488 g/mol. The number of nitriles is 1. The SMILES string of the molecule is N#CC1=C(N)Oc2n[nH]c(-c3ccc(OCc4ccccc4)cc3)c2[C@@H]1c1cccc(Cl)c1Cl. The Labute approximate surface area is 206 Å². The Morgan fingerprint density at radius 1 is 1.03 bits per heavy atom. The van der Waals surface area contributed by atoms with Crippen molar-refractivity contribution in [2.45, 2.75) is 12.5 Å². The highest BCUT2D eigenvalue weighted by Crippen LogP contribution is 2.48. The van der Waals surface area contributed by atoms with Crippen LogP contribution in [0, 0.1) is 11.3 Å². The fourth-order valence-electron chi connectivity index (χ4n) is 3.98. The number of nitrogens with two attached hydrogens (primary N) is 1. The fourth-order valence-corrected chi connectivity index (χ4v) is 4.40. The number of nitrogens with zero attached hydrogens (tertiary/aromatic N) is 2. The molecule has 0 unspecified atom stereocenters. The maximum absolute atomic E-state index is 9.88. The Bertz CT molecular complexity index is 1420. The lowest BCUT2D eigenvalue weighted by atomic mass is 9.83. The van der Waals surface area contributed by atoms with Crippen molar-refractivity contribution in [3.05, 3.63) is 111 Å². The molecule has 0 radical (unpaired) electrons. The molecule has 34 heavy (non-hydrogen) atoms. The maximum Gasteiger partial charge on any atom is 0.244 e. The van der Waals surface area contributed by atoms with Crippen LogP contribution in [0.5, 0.6) is 11.6 Å². The second-order valence-corrected chi connectivity index (χ2v) is 8.47. The van der Waals surface area contributed by atoms with Gasteiger partial charge in [-0.3, -0.25) is 5.10 Å². The Balaban J connectivity index is 1.52. The van der Waals surface area contributed by atoms with Gasteiger partial charge in [-0.15, -0.1) is 5.10 Å². The van der Waals surface area contributed by atoms with E-state index >= 15 is 0 Å². The third-order valence-corrected chi connectivity index (χ3v) is 6.46. The van der Waals surface area contributed by atoms with E-state index in [-0.39, 0.29) is 17.3 Å². The summed E-state index contributed by atoms with van der Waals surface area (Å²) in [4.78, 5) is 0. The molecule has 0 aliphatic carbocycles. The lowest BCUT2D eigenvalue weighted by Crippen LogP contribution is -2.21. The average molecular weight is 489 g/mol. The number of nitrogens with one attached hydrogen (secondary N) is 1. The van der Waals surface area contributed by atoms with Crippen molar-refractivity contribution in [3.63, 3.8) is 0 Å². The number of aromatic amines is 1. The van der Waals surface area contributed by atoms with Crippen LogP contribution in [0.25, 0.3) is 11.3 Å². The molecule has 1 aromatic heterocycles. The molecule has 0 saturated carbocycles. The molecule has 1 atom stereocenters. The van der Waals surface area contributed by atoms with Crippen LogP contribution in [0.2, 0.25) is 10.0 Å². The van der Waals surface area contributed by atoms with Gasteiger partial charge in [-0.1, -0.05) is 65.7 Å². The largest absolute Gasteiger partial charge is 0.489 e. The van der Waals surface area contributed by atoms with E-state index in [9.17, 15) is 5.26 Å². The Kier molecular flexibility index (Phi) is 5.89. The first-order chi connectivity index (χ1) is 16.6. The molecule has 0 amide bonds. The molecule has 0 spiro atoms. The van der Waals surface area contributed by atoms with E-state index in [1.807, 2.05) is 60.7 Å². The Hall–Kier alpha value is -3.92. The summed E-state index contributed by atoms with van der Waals surface area (Å²) < 4.78 is 11.6. The molecule has 8 heteroatoms. The van der Waals surface area contributed by atoms with Gasteiger partial charge in [-0.05, 0) is 41.5 Å². The van der Waals surface area contributed by atoms with E-state index in [0.717, 1.165) is 16.9 Å². The number of hydrogen-bond acceptors (Lipinski definition) is 5. The van der Waals surface area contributed by atoms with Gasteiger partial charge in [0.2, 0.25) is 11.8 Å². The second kappa shape index (κ2) is 9.14. The first-order valence-corrected chi connectivity index (χ1v) is 11.2. The van der Waals surface area contributed by atoms with E-state index in [1.54, 1.807) is 12.1 Å². The van der Waals surface area contributed by atoms with E-state index < -0.39 is 5.92 Å². The number of halogens is 2. The molecule has 4 aromatic rings. The zero-order chi connectivity index (χ0) is 23.7. The van der Waals surface area contributed by atoms with E-state index in [4.69, 9.17) is 38.4 Å². The molecular formula is C26H18Cl2N4O2. The van der Waals surface area contributed by atoms with E-state index in [1.165, 1.54) is 0 Å². The van der Waals surface area contributed by atoms with Gasteiger partial charge in [-0.2, -0.15) is 5.26 Å². The number of H-pyrrole nitrogens is 1. The van der Waals surface area contributed by atoms with Crippen LogP contribution in [0.1, 0.15) is 22.6 Å². The molecule has 168 valence electrons. The van der Waals surface area contributed by atoms with Crippen LogP contribution >= 0.6 is 23.2 Å². The summed E-state index contributed by atoms with van der Waals surface area (Å²) in [6.07, 6.45) is 0. The molecular weight excluding hydrogens is 471 g/mol. The summed E-state index contributed by atoms with van der Waals surface area (Å²) in [6.45, 7) is 0.471. The molecule has 3 aromatic carbocycles. The molecule has 0 bridgehead atoms. The standard InChI is InChI=1S/C26H18Cl2N4O2/c27-20-8-4-7-18(23(20)28)21-19(13-29)25(30)34-26-22(21)24(31-32-26)16-9-11-17(12-10-16)33-14-15-5-2-1-3-6-15/h1-12,21H,14,30H2,(H,31,32)/t21-/m1/s1. The van der Waals surface area contributed by atoms with Crippen LogP contribution < -0.4 is 15.2 Å². The second-order valence-electron chi connectivity index (χ2n) is 7.68. The Morgan fingerprint density at radius 2 is 1.79 bits per heavy atom. The number of allylic oxidation sites excluding steroid dienone is 1. The first kappa shape index (κ1) is 21.9. The van der Waals surface area contributed by atoms with Crippen molar-refractivity contribution in [3.8, 4) is 29.0 Å². The van der Waals surface area contributed by atoms with Gasteiger partial charge in [0.1, 0.15) is 24.0 Å². The zero-order valence-electron chi connectivity index (χ0n) is 17.8. The number of rotatable bonds is 5. The first-order valence-electron chi connectivity index (χ1n) is 10.4. The number of hydrogen-bond donors (Lipinski definition) is 2. The summed E-state index contributed by atoms with van der Waals surface area (Å²) in [5.41, 5.74) is 10.2. The molecule has 0 fully saturated rings. The van der Waals surface area contributed by atoms with Gasteiger partial charge >= 0.3 is 0 Å². The van der Waals surface area contributed by atoms with Crippen LogP contribution in [0.4, 0.5) is 0 Å². The number of fused-ring (bicyclic) bond motifs is 1. The van der Waals surface area contributed by atoms with Crippen molar-refractivity contribution in [1.82, 2.24) is 10.2 Å². The predicted octanol–water partition coefficient (Wildman–Crippen LogP) is 6.18. The molecule has 1 aliphatic heterocycles. The van der Waals surface area contributed by atoms with Crippen LogP contribution in [0.3, 0.4) is 0 Å². The van der Waals surface area contributed by atoms with Crippen molar-refractivity contribution >= 4 is 23.2 Å². The highest BCUT2D eigenvalue weighted by atomic mass is 35.5. The zero-order valence-corrected chi connectivity index (χ0v) is 19.3. The quantitative estimate of drug-likeness (QED) is 0.349. The number of benzene rings is 3. The van der Waals surface area contributed by atoms with Crippen LogP contribution in [-0.2, 0) is 6.61 Å². The van der Waals surface area contributed by atoms with Crippen molar-refractivity contribution in [1.29, 1.82) is 5.26 Å². The number of ether oxygens (including phenoxy) is 2. The number of aromatic nitrogens is 2. The predicted molar refractivity (Wildman–Crippen MR) is 131 cm³/mol. The normalized spacial score (nSPS) is 14.8. The molecule has 2 heterocycles. The summed E-state index contributed by atoms with van der Waals surface area (Å²) in [5, 5.41) is 17.9. The molecule has 1 aliphatic rings. The van der Waals surface area contributed by atoms with E-state index in [0.29, 0.717) is 33.5 Å². The maximum atomic E-state index is 9.88. The molecule has 5 rings (SSSR count). The highest BCUT2D eigenvalue weighted by Gasteiger charge is 2.36. The average Bonchev–Trinajstić information content (AvgIpc) is 3.28. The minimum Gasteiger partial charge on any atom is -0.489 e. The lowest BCUT2D eigenvalue weighted by molar-refractivity contribution is 0.306. The highest BCUT2D eigenvalue weighted by molar-refractivity contribution is 6.42. The third-order valence-electron chi connectivity index (χ3n) is 5.62. The van der Waals surface area contributed by atoms with Crippen molar-refractivity contribution in [2.75, 3.05) is 0 Å². The Morgan fingerprint density at radius 3 is 2.53 bits per heavy atom. The fraction of sp³-hybridized carbons (Fsp3) is 0.0769. The topological polar surface area (TPSA) is 97.0 Å². The van der Waals surface area contributed by atoms with Gasteiger partial charge in [0.05, 0.1) is 27.2 Å². The smallest absolute Gasteiger partial charge is 0.244 e. The van der Waals surface area contributed by atoms with Gasteiger partial charge < -0.3 is 15.2 Å². The summed E-state index contributed by atoms with van der Waals surface area (Å²) in [5.74, 6) is 0.409. The lowest BCUT2D eigenvalue weighted by Gasteiger charge is -2.25. The van der Waals surface area contributed by atoms with Crippen molar-refractivity contribution < 1.29 is 9.47 Å². The van der Waals surface area contributed by atoms with Gasteiger partial charge in [0.15, 0.2) is 0 Å². The van der Waals surface area contributed by atoms with Gasteiger partial charge in [0, 0.05) is 5.56 Å². The minimum atomic E-state index is -0.595. The minimum absolute atomic E-state index is 0.0150. The van der Waals surface area contributed by atoms with Gasteiger partial charge in [-0.25, -0.2) is 0 Å². The molecule has 6 nitrogen and oxygen atoms in total. The third kappa shape index (κ3) is 3.96. The van der Waals surface area contributed by atoms with E-state index in [2.05, 4.69) is 16.3 Å². The molecule has 0 saturated heterocycles. The molecule has 3 N–H and O–H groups in total.